The van der Waals surface area contributed by atoms with Crippen LogP contribution in [0, 0.1) is 5.82 Å². The van der Waals surface area contributed by atoms with Crippen LogP contribution in [-0.4, -0.2) is 10.9 Å². The molecule has 0 radical (unpaired) electrons. The number of benzene rings is 1. The quantitative estimate of drug-likeness (QED) is 0.903. The SMILES string of the molecule is O=C(Nc1ncc(Br)s1)c1ccc(Cl)cc1F. The Hall–Kier alpha value is -0.980. The van der Waals surface area contributed by atoms with Gasteiger partial charge in [0.2, 0.25) is 0 Å². The number of hydrogen-bond donors (Lipinski definition) is 1. The lowest BCUT2D eigenvalue weighted by molar-refractivity contribution is 0.102. The summed E-state index contributed by atoms with van der Waals surface area (Å²) < 4.78 is 14.2. The lowest BCUT2D eigenvalue weighted by Gasteiger charge is -2.03. The first-order valence-corrected chi connectivity index (χ1v) is 6.43. The molecule has 0 bridgehead atoms. The van der Waals surface area contributed by atoms with Crippen molar-refractivity contribution in [3.8, 4) is 0 Å². The zero-order valence-corrected chi connectivity index (χ0v) is 11.4. The fourth-order valence-corrected chi connectivity index (χ4v) is 2.41. The Kier molecular flexibility index (Phi) is 3.76. The predicted molar refractivity (Wildman–Crippen MR) is 69.2 cm³/mol. The van der Waals surface area contributed by atoms with E-state index in [0.29, 0.717) is 5.13 Å². The number of anilines is 1. The van der Waals surface area contributed by atoms with Gasteiger partial charge in [0.05, 0.1) is 15.5 Å². The minimum atomic E-state index is -0.661. The summed E-state index contributed by atoms with van der Waals surface area (Å²) in [6, 6.07) is 3.88. The lowest BCUT2D eigenvalue weighted by atomic mass is 10.2. The van der Waals surface area contributed by atoms with Gasteiger partial charge in [-0.15, -0.1) is 0 Å². The Balaban J connectivity index is 2.20. The smallest absolute Gasteiger partial charge is 0.260 e. The van der Waals surface area contributed by atoms with Gasteiger partial charge in [0, 0.05) is 5.02 Å². The van der Waals surface area contributed by atoms with E-state index in [9.17, 15) is 9.18 Å². The average Bonchev–Trinajstić information content (AvgIpc) is 2.63. The number of thiazole rings is 1. The van der Waals surface area contributed by atoms with Crippen LogP contribution in [0.15, 0.2) is 28.2 Å². The Morgan fingerprint density at radius 1 is 1.53 bits per heavy atom. The van der Waals surface area contributed by atoms with Gasteiger partial charge >= 0.3 is 0 Å². The number of aromatic nitrogens is 1. The van der Waals surface area contributed by atoms with Crippen molar-refractivity contribution in [2.45, 2.75) is 0 Å². The van der Waals surface area contributed by atoms with Crippen LogP contribution in [0.25, 0.3) is 0 Å². The van der Waals surface area contributed by atoms with Crippen molar-refractivity contribution in [1.82, 2.24) is 4.98 Å². The number of rotatable bonds is 2. The van der Waals surface area contributed by atoms with E-state index in [1.54, 1.807) is 6.20 Å². The summed E-state index contributed by atoms with van der Waals surface area (Å²) in [5.74, 6) is -1.22. The summed E-state index contributed by atoms with van der Waals surface area (Å²) in [7, 11) is 0. The number of nitrogens with one attached hydrogen (secondary N) is 1. The van der Waals surface area contributed by atoms with Crippen LogP contribution in [0.4, 0.5) is 9.52 Å². The van der Waals surface area contributed by atoms with E-state index in [1.807, 2.05) is 0 Å². The molecule has 0 aliphatic rings. The molecule has 1 aromatic heterocycles. The molecular weight excluding hydrogens is 331 g/mol. The van der Waals surface area contributed by atoms with Crippen molar-refractivity contribution in [3.05, 3.63) is 44.6 Å². The standard InChI is InChI=1S/C10H5BrClFN2OS/c11-8-4-14-10(17-8)15-9(16)6-2-1-5(12)3-7(6)13/h1-4H,(H,14,15,16). The van der Waals surface area contributed by atoms with Crippen LogP contribution < -0.4 is 5.32 Å². The van der Waals surface area contributed by atoms with E-state index < -0.39 is 11.7 Å². The highest BCUT2D eigenvalue weighted by Gasteiger charge is 2.13. The zero-order valence-electron chi connectivity index (χ0n) is 8.21. The van der Waals surface area contributed by atoms with Gasteiger partial charge in [-0.1, -0.05) is 22.9 Å². The predicted octanol–water partition coefficient (Wildman–Crippen LogP) is 3.95. The summed E-state index contributed by atoms with van der Waals surface area (Å²) in [5, 5.41) is 3.14. The number of amides is 1. The fraction of sp³-hybridized carbons (Fsp3) is 0. The zero-order chi connectivity index (χ0) is 12.4. The summed E-state index contributed by atoms with van der Waals surface area (Å²) in [6.07, 6.45) is 1.55. The second kappa shape index (κ2) is 5.12. The maximum absolute atomic E-state index is 13.4. The topological polar surface area (TPSA) is 42.0 Å². The monoisotopic (exact) mass is 334 g/mol. The van der Waals surface area contributed by atoms with Crippen molar-refractivity contribution in [2.75, 3.05) is 5.32 Å². The largest absolute Gasteiger partial charge is 0.298 e. The van der Waals surface area contributed by atoms with Gasteiger partial charge in [0.1, 0.15) is 5.82 Å². The van der Waals surface area contributed by atoms with Crippen LogP contribution in [0.3, 0.4) is 0 Å². The fourth-order valence-electron chi connectivity index (χ4n) is 1.15. The van der Waals surface area contributed by atoms with Gasteiger partial charge in [-0.2, -0.15) is 0 Å². The van der Waals surface area contributed by atoms with Crippen molar-refractivity contribution in [3.63, 3.8) is 0 Å². The Labute approximate surface area is 114 Å². The summed E-state index contributed by atoms with van der Waals surface area (Å²) in [5.41, 5.74) is -0.0688. The minimum absolute atomic E-state index is 0.0688. The van der Waals surface area contributed by atoms with Crippen LogP contribution in [0.2, 0.25) is 5.02 Å². The number of carbonyl (C=O) groups excluding carboxylic acids is 1. The molecule has 1 aromatic carbocycles. The van der Waals surface area contributed by atoms with Crippen LogP contribution in [0.5, 0.6) is 0 Å². The maximum Gasteiger partial charge on any atom is 0.260 e. The normalized spacial score (nSPS) is 10.3. The molecule has 0 unspecified atom stereocenters. The molecular formula is C10H5BrClFN2OS. The molecule has 0 saturated heterocycles. The third-order valence-corrected chi connectivity index (χ3v) is 3.50. The van der Waals surface area contributed by atoms with E-state index in [2.05, 4.69) is 26.2 Å². The molecule has 0 spiro atoms. The molecule has 7 heteroatoms. The Morgan fingerprint density at radius 3 is 2.88 bits per heavy atom. The molecule has 0 aliphatic heterocycles. The highest BCUT2D eigenvalue weighted by Crippen LogP contribution is 2.24. The second-order valence-electron chi connectivity index (χ2n) is 3.05. The minimum Gasteiger partial charge on any atom is -0.298 e. The number of halogens is 3. The van der Waals surface area contributed by atoms with Crippen LogP contribution >= 0.6 is 38.9 Å². The number of nitrogens with zero attached hydrogens (tertiary/aromatic N) is 1. The van der Waals surface area contributed by atoms with Crippen molar-refractivity contribution in [1.29, 1.82) is 0 Å². The Morgan fingerprint density at radius 2 is 2.29 bits per heavy atom. The maximum atomic E-state index is 13.4. The molecule has 2 rings (SSSR count). The summed E-state index contributed by atoms with van der Waals surface area (Å²) in [6.45, 7) is 0. The summed E-state index contributed by atoms with van der Waals surface area (Å²) >= 11 is 10.1. The van der Waals surface area contributed by atoms with E-state index in [-0.39, 0.29) is 10.6 Å². The highest BCUT2D eigenvalue weighted by atomic mass is 79.9. The van der Waals surface area contributed by atoms with Gasteiger partial charge in [0.15, 0.2) is 5.13 Å². The van der Waals surface area contributed by atoms with Crippen molar-refractivity contribution < 1.29 is 9.18 Å². The molecule has 88 valence electrons. The molecule has 0 atom stereocenters. The van der Waals surface area contributed by atoms with E-state index in [0.717, 1.165) is 9.85 Å². The van der Waals surface area contributed by atoms with Gasteiger partial charge < -0.3 is 0 Å². The first-order chi connectivity index (χ1) is 8.06. The van der Waals surface area contributed by atoms with E-state index >= 15 is 0 Å². The first kappa shape index (κ1) is 12.5. The van der Waals surface area contributed by atoms with E-state index in [1.165, 1.54) is 23.5 Å². The summed E-state index contributed by atoms with van der Waals surface area (Å²) in [4.78, 5) is 15.6. The Bertz CT molecular complexity index is 575. The van der Waals surface area contributed by atoms with E-state index in [4.69, 9.17) is 11.6 Å². The molecule has 0 saturated carbocycles. The molecule has 3 nitrogen and oxygen atoms in total. The second-order valence-corrected chi connectivity index (χ2v) is 5.89. The molecule has 17 heavy (non-hydrogen) atoms. The number of carbonyl (C=O) groups is 1. The first-order valence-electron chi connectivity index (χ1n) is 4.44. The van der Waals surface area contributed by atoms with Crippen molar-refractivity contribution in [2.24, 2.45) is 0 Å². The van der Waals surface area contributed by atoms with Gasteiger partial charge in [-0.3, -0.25) is 10.1 Å². The lowest BCUT2D eigenvalue weighted by Crippen LogP contribution is -2.13. The third kappa shape index (κ3) is 3.02. The average molecular weight is 336 g/mol. The highest BCUT2D eigenvalue weighted by molar-refractivity contribution is 9.11. The van der Waals surface area contributed by atoms with Crippen LogP contribution in [-0.2, 0) is 0 Å². The van der Waals surface area contributed by atoms with Gasteiger partial charge in [-0.25, -0.2) is 9.37 Å². The molecule has 1 heterocycles. The van der Waals surface area contributed by atoms with Gasteiger partial charge in [-0.05, 0) is 34.1 Å². The molecule has 2 aromatic rings. The van der Waals surface area contributed by atoms with Gasteiger partial charge in [0.25, 0.3) is 5.91 Å². The number of hydrogen-bond acceptors (Lipinski definition) is 3. The molecule has 0 aliphatic carbocycles. The molecule has 0 fully saturated rings. The molecule has 1 N–H and O–H groups in total. The van der Waals surface area contributed by atoms with Crippen LogP contribution in [0.1, 0.15) is 10.4 Å². The van der Waals surface area contributed by atoms with Crippen molar-refractivity contribution >= 4 is 49.9 Å². The molecule has 1 amide bonds. The third-order valence-electron chi connectivity index (χ3n) is 1.87.